The highest BCUT2D eigenvalue weighted by Gasteiger charge is 2.37. The van der Waals surface area contributed by atoms with Crippen LogP contribution in [0.5, 0.6) is 0 Å². The number of carbonyl (C=O) groups excluding carboxylic acids is 1. The summed E-state index contributed by atoms with van der Waals surface area (Å²) in [5, 5.41) is 7.69. The quantitative estimate of drug-likeness (QED) is 0.195. The van der Waals surface area contributed by atoms with Gasteiger partial charge in [-0.15, -0.1) is 0 Å². The van der Waals surface area contributed by atoms with Gasteiger partial charge < -0.3 is 4.90 Å². The number of H-pyrrole nitrogens is 1. The zero-order valence-electron chi connectivity index (χ0n) is 26.6. The van der Waals surface area contributed by atoms with E-state index in [1.807, 2.05) is 39.8 Å². The van der Waals surface area contributed by atoms with Crippen LogP contribution in [-0.2, 0) is 4.79 Å². The minimum Gasteiger partial charge on any atom is -0.331 e. The molecule has 1 N–H and O–H groups in total. The summed E-state index contributed by atoms with van der Waals surface area (Å²) in [6, 6.07) is 5.09. The largest absolute Gasteiger partial charge is 0.331 e. The lowest BCUT2D eigenvalue weighted by molar-refractivity contribution is -0.135. The Kier molecular flexibility index (Phi) is 7.69. The number of rotatable bonds is 5. The molecule has 4 aromatic heterocycles. The van der Waals surface area contributed by atoms with Gasteiger partial charge in [-0.25, -0.2) is 13.8 Å². The number of nitrogens with zero attached hydrogens (tertiary/aromatic N) is 6. The first-order valence-electron chi connectivity index (χ1n) is 15.3. The Bertz CT molecular complexity index is 2170. The van der Waals surface area contributed by atoms with Gasteiger partial charge in [0.15, 0.2) is 17.3 Å². The van der Waals surface area contributed by atoms with E-state index < -0.39 is 46.8 Å². The number of benzene rings is 1. The number of hydrogen-bond donors (Lipinski definition) is 1. The molecule has 1 fully saturated rings. The van der Waals surface area contributed by atoms with E-state index in [9.17, 15) is 18.8 Å². The zero-order chi connectivity index (χ0) is 33.2. The predicted molar refractivity (Wildman–Crippen MR) is 172 cm³/mol. The molecule has 10 nitrogen and oxygen atoms in total. The first-order chi connectivity index (χ1) is 21.8. The number of aromatic amines is 1. The fourth-order valence-electron chi connectivity index (χ4n) is 6.98. The lowest BCUT2D eigenvalue weighted by atomic mass is 9.92. The number of piperidine rings is 1. The molecule has 5 aromatic rings. The fraction of sp³-hybridized carbons (Fsp3) is 0.353. The molecular weight excluding hydrogens is 592 g/mol. The number of aromatic nitrogens is 6. The van der Waals surface area contributed by atoms with E-state index in [1.165, 1.54) is 20.1 Å². The lowest BCUT2D eigenvalue weighted by Crippen LogP contribution is -2.52. The van der Waals surface area contributed by atoms with Crippen LogP contribution in [0.3, 0.4) is 0 Å². The van der Waals surface area contributed by atoms with Crippen molar-refractivity contribution in [3.8, 4) is 16.9 Å². The topological polar surface area (TPSA) is 119 Å². The van der Waals surface area contributed by atoms with Crippen LogP contribution < -0.4 is 11.1 Å². The highest BCUT2D eigenvalue weighted by molar-refractivity contribution is 5.96. The molecule has 6 rings (SSSR count). The molecule has 2 atom stereocenters. The molecule has 0 bridgehead atoms. The third-order valence-corrected chi connectivity index (χ3v) is 9.01. The van der Waals surface area contributed by atoms with Gasteiger partial charge in [-0.3, -0.25) is 33.6 Å². The van der Waals surface area contributed by atoms with E-state index in [1.54, 1.807) is 32.3 Å². The second-order valence-corrected chi connectivity index (χ2v) is 12.5. The number of likely N-dealkylation sites (tertiary alicyclic amines) is 1. The predicted octanol–water partition coefficient (Wildman–Crippen LogP) is 5.79. The van der Waals surface area contributed by atoms with E-state index in [-0.39, 0.29) is 35.6 Å². The number of nitrogens with one attached hydrogen (secondary N) is 1. The summed E-state index contributed by atoms with van der Waals surface area (Å²) >= 11 is 0. The summed E-state index contributed by atoms with van der Waals surface area (Å²) in [5.41, 5.74) is 2.16. The second kappa shape index (κ2) is 11.4. The Morgan fingerprint density at radius 1 is 1.07 bits per heavy atom. The number of aryl methyl sites for hydroxylation is 2. The summed E-state index contributed by atoms with van der Waals surface area (Å²) in [6.45, 7) is 14.2. The molecule has 1 amide bonds. The van der Waals surface area contributed by atoms with Gasteiger partial charge in [0.1, 0.15) is 5.69 Å². The number of carbonyl (C=O) groups is 1. The third-order valence-electron chi connectivity index (χ3n) is 9.01. The van der Waals surface area contributed by atoms with Crippen molar-refractivity contribution in [2.45, 2.75) is 78.4 Å². The maximum atomic E-state index is 16.4. The van der Waals surface area contributed by atoms with Crippen molar-refractivity contribution in [3.63, 3.8) is 0 Å². The first kappa shape index (κ1) is 31.0. The second-order valence-electron chi connectivity index (χ2n) is 12.5. The molecule has 1 aliphatic heterocycles. The van der Waals surface area contributed by atoms with Crippen molar-refractivity contribution >= 4 is 28.0 Å². The molecule has 238 valence electrons. The SMILES string of the molecule is C=C(F)C(=O)N1[C@H](C)CC(n2c(=O)c(=O)n(-c3c(C)ccnc3C(C)C)c3nc(-c4c(C)ccc5[nH]ncc45)c(F)cc32)C[C@H]1C. The minimum atomic E-state index is -1.07. The molecule has 1 aromatic carbocycles. The molecule has 0 aliphatic carbocycles. The van der Waals surface area contributed by atoms with Crippen LogP contribution in [0.15, 0.2) is 58.7 Å². The van der Waals surface area contributed by atoms with Crippen molar-refractivity contribution in [2.75, 3.05) is 0 Å². The van der Waals surface area contributed by atoms with E-state index in [0.717, 1.165) is 5.56 Å². The molecule has 5 heterocycles. The van der Waals surface area contributed by atoms with Crippen LogP contribution in [0.2, 0.25) is 0 Å². The number of amides is 1. The zero-order valence-corrected chi connectivity index (χ0v) is 26.6. The van der Waals surface area contributed by atoms with Crippen molar-refractivity contribution < 1.29 is 13.6 Å². The van der Waals surface area contributed by atoms with E-state index in [4.69, 9.17) is 4.98 Å². The molecule has 12 heteroatoms. The summed E-state index contributed by atoms with van der Waals surface area (Å²) in [5.74, 6) is -2.69. The van der Waals surface area contributed by atoms with Gasteiger partial charge >= 0.3 is 11.1 Å². The number of fused-ring (bicyclic) bond motifs is 2. The Hall–Kier alpha value is -5.00. The van der Waals surface area contributed by atoms with Gasteiger partial charge in [0, 0.05) is 41.3 Å². The standard InChI is InChI=1S/C34H35F2N7O3/c1-16(2)28-30(18(4)10-11-37-28)43-31-26(14-24(36)29(39-31)27-17(3)8-9-25-23(27)15-38-40-25)42(33(45)34(43)46)22-12-19(5)41(20(6)13-22)32(44)21(7)35/h8-11,14-16,19-20,22H,7,12-13H2,1-6H3,(H,38,40)/t19-,20-/m1/s1. The highest BCUT2D eigenvalue weighted by atomic mass is 19.1. The van der Waals surface area contributed by atoms with Crippen molar-refractivity contribution in [2.24, 2.45) is 0 Å². The van der Waals surface area contributed by atoms with E-state index in [0.29, 0.717) is 33.4 Å². The highest BCUT2D eigenvalue weighted by Crippen LogP contribution is 2.37. The molecule has 0 radical (unpaired) electrons. The van der Waals surface area contributed by atoms with Gasteiger partial charge in [0.2, 0.25) is 0 Å². The van der Waals surface area contributed by atoms with E-state index in [2.05, 4.69) is 21.8 Å². The maximum Gasteiger partial charge on any atom is 0.322 e. The summed E-state index contributed by atoms with van der Waals surface area (Å²) in [6.07, 6.45) is 3.70. The molecule has 46 heavy (non-hydrogen) atoms. The Labute approximate surface area is 263 Å². The molecule has 0 unspecified atom stereocenters. The molecule has 0 spiro atoms. The van der Waals surface area contributed by atoms with Crippen LogP contribution in [0, 0.1) is 19.7 Å². The summed E-state index contributed by atoms with van der Waals surface area (Å²) < 4.78 is 32.9. The number of halogens is 2. The van der Waals surface area contributed by atoms with Crippen LogP contribution in [0.1, 0.15) is 69.3 Å². The average Bonchev–Trinajstić information content (AvgIpc) is 3.47. The number of pyridine rings is 2. The van der Waals surface area contributed by atoms with Gasteiger partial charge in [0.25, 0.3) is 5.91 Å². The Balaban J connectivity index is 1.69. The fourth-order valence-corrected chi connectivity index (χ4v) is 6.98. The smallest absolute Gasteiger partial charge is 0.322 e. The van der Waals surface area contributed by atoms with Crippen molar-refractivity contribution in [1.29, 1.82) is 0 Å². The van der Waals surface area contributed by atoms with Crippen molar-refractivity contribution in [1.82, 2.24) is 34.2 Å². The molecule has 1 saturated heterocycles. The first-order valence-corrected chi connectivity index (χ1v) is 15.3. The molecule has 0 saturated carbocycles. The monoisotopic (exact) mass is 627 g/mol. The minimum absolute atomic E-state index is 0.00611. The average molecular weight is 628 g/mol. The van der Waals surface area contributed by atoms with Crippen LogP contribution in [0.25, 0.3) is 39.0 Å². The molecule has 1 aliphatic rings. The maximum absolute atomic E-state index is 16.4. The van der Waals surface area contributed by atoms with Gasteiger partial charge in [-0.2, -0.15) is 5.10 Å². The normalized spacial score (nSPS) is 18.5. The number of hydrogen-bond acceptors (Lipinski definition) is 6. The van der Waals surface area contributed by atoms with Crippen LogP contribution >= 0.6 is 0 Å². The Morgan fingerprint density at radius 3 is 2.41 bits per heavy atom. The van der Waals surface area contributed by atoms with Crippen LogP contribution in [-0.4, -0.2) is 52.2 Å². The summed E-state index contributed by atoms with van der Waals surface area (Å²) in [4.78, 5) is 51.8. The van der Waals surface area contributed by atoms with Crippen molar-refractivity contribution in [3.05, 3.63) is 92.4 Å². The lowest BCUT2D eigenvalue weighted by Gasteiger charge is -2.43. The third kappa shape index (κ3) is 4.83. The molecular formula is C34H35F2N7O3. The van der Waals surface area contributed by atoms with Crippen LogP contribution in [0.4, 0.5) is 8.78 Å². The summed E-state index contributed by atoms with van der Waals surface area (Å²) in [7, 11) is 0. The van der Waals surface area contributed by atoms with Gasteiger partial charge in [-0.05, 0) is 69.7 Å². The van der Waals surface area contributed by atoms with Gasteiger partial charge in [-0.1, -0.05) is 26.5 Å². The van der Waals surface area contributed by atoms with Gasteiger partial charge in [0.05, 0.1) is 28.6 Å². The van der Waals surface area contributed by atoms with E-state index >= 15 is 4.39 Å². The Morgan fingerprint density at radius 2 is 1.76 bits per heavy atom.